The summed E-state index contributed by atoms with van der Waals surface area (Å²) in [5.74, 6) is -2.57. The van der Waals surface area contributed by atoms with Crippen LogP contribution in [-0.2, 0) is 60.6 Å². The van der Waals surface area contributed by atoms with E-state index < -0.39 is 54.4 Å². The molecule has 6 atom stereocenters. The van der Waals surface area contributed by atoms with Gasteiger partial charge in [-0.05, 0) is 40.3 Å². The molecule has 0 N–H and O–H groups in total. The molecule has 10 heteroatoms. The standard InChI is InChI=1S/C30H34O10/c1-6-20-7-9-21(10-8-20)26-24-13-22(11-12-23(24)14-36-26)27-29(38-18(4)33)30(39-19(5)34)28(37-17(3)32)25(40-27)15-35-16(2)31/h7-13,25-30H,6,14-15H2,1-5H3. The molecule has 2 heterocycles. The van der Waals surface area contributed by atoms with Crippen molar-refractivity contribution < 1.29 is 47.6 Å². The molecule has 2 aromatic rings. The first-order valence-electron chi connectivity index (χ1n) is 13.2. The van der Waals surface area contributed by atoms with E-state index >= 15 is 0 Å². The molecular weight excluding hydrogens is 520 g/mol. The Morgan fingerprint density at radius 1 is 0.775 bits per heavy atom. The first kappa shape index (κ1) is 29.2. The number of hydrogen-bond acceptors (Lipinski definition) is 10. The first-order chi connectivity index (χ1) is 19.1. The Morgan fingerprint density at radius 2 is 1.38 bits per heavy atom. The van der Waals surface area contributed by atoms with E-state index in [1.54, 1.807) is 0 Å². The van der Waals surface area contributed by atoms with E-state index in [1.807, 2.05) is 30.3 Å². The number of carbonyl (C=O) groups is 4. The van der Waals surface area contributed by atoms with Crippen LogP contribution in [0.4, 0.5) is 0 Å². The van der Waals surface area contributed by atoms with Gasteiger partial charge in [-0.15, -0.1) is 0 Å². The van der Waals surface area contributed by atoms with E-state index in [9.17, 15) is 19.2 Å². The van der Waals surface area contributed by atoms with Crippen LogP contribution in [0.2, 0.25) is 0 Å². The highest BCUT2D eigenvalue weighted by Gasteiger charge is 2.52. The smallest absolute Gasteiger partial charge is 0.303 e. The zero-order valence-electron chi connectivity index (χ0n) is 23.2. The van der Waals surface area contributed by atoms with Gasteiger partial charge in [-0.3, -0.25) is 19.2 Å². The van der Waals surface area contributed by atoms with Crippen LogP contribution in [0.3, 0.4) is 0 Å². The fraction of sp³-hybridized carbons (Fsp3) is 0.467. The maximum atomic E-state index is 12.2. The van der Waals surface area contributed by atoms with E-state index in [2.05, 4.69) is 19.1 Å². The fourth-order valence-electron chi connectivity index (χ4n) is 5.13. The molecule has 0 amide bonds. The lowest BCUT2D eigenvalue weighted by Gasteiger charge is -2.44. The Hall–Kier alpha value is -3.76. The molecule has 0 aromatic heterocycles. The molecule has 2 aliphatic heterocycles. The van der Waals surface area contributed by atoms with Gasteiger partial charge in [0.05, 0.1) is 6.61 Å². The summed E-state index contributed by atoms with van der Waals surface area (Å²) in [7, 11) is 0. The topological polar surface area (TPSA) is 124 Å². The van der Waals surface area contributed by atoms with Crippen molar-refractivity contribution in [3.05, 3.63) is 70.3 Å². The van der Waals surface area contributed by atoms with Crippen molar-refractivity contribution in [2.75, 3.05) is 6.61 Å². The maximum Gasteiger partial charge on any atom is 0.303 e. The number of fused-ring (bicyclic) bond motifs is 1. The third kappa shape index (κ3) is 6.68. The average Bonchev–Trinajstić information content (AvgIpc) is 3.32. The van der Waals surface area contributed by atoms with Crippen molar-refractivity contribution in [2.45, 2.75) is 84.3 Å². The Kier molecular flexibility index (Phi) is 9.21. The fourth-order valence-corrected chi connectivity index (χ4v) is 5.13. The summed E-state index contributed by atoms with van der Waals surface area (Å²) in [4.78, 5) is 48.0. The normalized spacial score (nSPS) is 25.4. The third-order valence-corrected chi connectivity index (χ3v) is 6.87. The van der Waals surface area contributed by atoms with Crippen LogP contribution < -0.4 is 0 Å². The van der Waals surface area contributed by atoms with Gasteiger partial charge in [-0.25, -0.2) is 0 Å². The molecule has 4 rings (SSSR count). The number of rotatable bonds is 8. The molecule has 2 aromatic carbocycles. The van der Waals surface area contributed by atoms with Crippen LogP contribution in [0, 0.1) is 0 Å². The predicted octanol–water partition coefficient (Wildman–Crippen LogP) is 3.67. The van der Waals surface area contributed by atoms with Gasteiger partial charge in [0.25, 0.3) is 0 Å². The van der Waals surface area contributed by atoms with Gasteiger partial charge in [0.15, 0.2) is 18.3 Å². The van der Waals surface area contributed by atoms with Crippen LogP contribution in [0.25, 0.3) is 0 Å². The van der Waals surface area contributed by atoms with Crippen molar-refractivity contribution in [1.29, 1.82) is 0 Å². The van der Waals surface area contributed by atoms with E-state index in [0.717, 1.165) is 23.1 Å². The summed E-state index contributed by atoms with van der Waals surface area (Å²) in [5, 5.41) is 0. The lowest BCUT2D eigenvalue weighted by Crippen LogP contribution is -2.59. The van der Waals surface area contributed by atoms with Gasteiger partial charge >= 0.3 is 23.9 Å². The van der Waals surface area contributed by atoms with Crippen LogP contribution in [0.15, 0.2) is 42.5 Å². The first-order valence-corrected chi connectivity index (χ1v) is 13.2. The quantitative estimate of drug-likeness (QED) is 0.353. The molecule has 1 fully saturated rings. The highest BCUT2D eigenvalue weighted by Crippen LogP contribution is 2.42. The van der Waals surface area contributed by atoms with Crippen molar-refractivity contribution >= 4 is 23.9 Å². The summed E-state index contributed by atoms with van der Waals surface area (Å²) in [5.41, 5.74) is 4.76. The molecule has 0 saturated carbocycles. The summed E-state index contributed by atoms with van der Waals surface area (Å²) in [6, 6.07) is 13.9. The Balaban J connectivity index is 1.76. The van der Waals surface area contributed by atoms with E-state index in [4.69, 9.17) is 28.4 Å². The van der Waals surface area contributed by atoms with Gasteiger partial charge in [-0.2, -0.15) is 0 Å². The molecule has 0 spiro atoms. The molecule has 0 bridgehead atoms. The second kappa shape index (κ2) is 12.6. The van der Waals surface area contributed by atoms with Crippen LogP contribution in [0.5, 0.6) is 0 Å². The summed E-state index contributed by atoms with van der Waals surface area (Å²) >= 11 is 0. The Morgan fingerprint density at radius 3 is 1.98 bits per heavy atom. The second-order valence-corrected chi connectivity index (χ2v) is 9.86. The second-order valence-electron chi connectivity index (χ2n) is 9.86. The predicted molar refractivity (Wildman–Crippen MR) is 140 cm³/mol. The zero-order chi connectivity index (χ0) is 29.0. The summed E-state index contributed by atoms with van der Waals surface area (Å²) < 4.78 is 34.3. The monoisotopic (exact) mass is 554 g/mol. The van der Waals surface area contributed by atoms with Crippen molar-refractivity contribution in [2.24, 2.45) is 0 Å². The van der Waals surface area contributed by atoms with E-state index in [1.165, 1.54) is 33.3 Å². The average molecular weight is 555 g/mol. The number of hydrogen-bond donors (Lipinski definition) is 0. The molecule has 6 unspecified atom stereocenters. The molecule has 0 aliphatic carbocycles. The number of benzene rings is 2. The van der Waals surface area contributed by atoms with Crippen molar-refractivity contribution in [3.8, 4) is 0 Å². The molecule has 2 aliphatic rings. The number of esters is 4. The van der Waals surface area contributed by atoms with Crippen LogP contribution >= 0.6 is 0 Å². The minimum atomic E-state index is -1.23. The summed E-state index contributed by atoms with van der Waals surface area (Å²) in [6.45, 7) is 7.08. The molecule has 10 nitrogen and oxygen atoms in total. The molecule has 214 valence electrons. The maximum absolute atomic E-state index is 12.2. The highest BCUT2D eigenvalue weighted by molar-refractivity contribution is 5.69. The van der Waals surface area contributed by atoms with E-state index in [0.29, 0.717) is 12.2 Å². The largest absolute Gasteiger partial charge is 0.463 e. The number of carbonyl (C=O) groups excluding carboxylic acids is 4. The summed E-state index contributed by atoms with van der Waals surface area (Å²) in [6.07, 6.45) is -4.95. The molecule has 0 radical (unpaired) electrons. The minimum Gasteiger partial charge on any atom is -0.463 e. The lowest BCUT2D eigenvalue weighted by molar-refractivity contribution is -0.254. The van der Waals surface area contributed by atoms with Crippen molar-refractivity contribution in [3.63, 3.8) is 0 Å². The van der Waals surface area contributed by atoms with Gasteiger partial charge < -0.3 is 28.4 Å². The number of aryl methyl sites for hydroxylation is 1. The molecule has 1 saturated heterocycles. The zero-order valence-corrected chi connectivity index (χ0v) is 23.2. The minimum absolute atomic E-state index is 0.283. The lowest BCUT2D eigenvalue weighted by atomic mass is 9.88. The van der Waals surface area contributed by atoms with Crippen LogP contribution in [-0.4, -0.2) is 54.9 Å². The Labute approximate surface area is 232 Å². The molecular formula is C30H34O10. The third-order valence-electron chi connectivity index (χ3n) is 6.87. The van der Waals surface area contributed by atoms with Gasteiger partial charge in [0.2, 0.25) is 0 Å². The number of ether oxygens (including phenoxy) is 6. The van der Waals surface area contributed by atoms with Gasteiger partial charge in [-0.1, -0.05) is 43.3 Å². The SMILES string of the molecule is CCc1ccc(C2OCc3ccc(C4OC(COC(C)=O)C(OC(C)=O)C(OC(C)=O)C4OC(C)=O)cc32)cc1. The highest BCUT2D eigenvalue weighted by atomic mass is 16.7. The van der Waals surface area contributed by atoms with Gasteiger partial charge in [0.1, 0.15) is 24.9 Å². The van der Waals surface area contributed by atoms with Crippen LogP contribution in [0.1, 0.15) is 74.6 Å². The Bertz CT molecular complexity index is 1250. The van der Waals surface area contributed by atoms with E-state index in [-0.39, 0.29) is 12.7 Å². The van der Waals surface area contributed by atoms with Gasteiger partial charge in [0, 0.05) is 27.7 Å². The van der Waals surface area contributed by atoms with Crippen molar-refractivity contribution in [1.82, 2.24) is 0 Å². The molecule has 40 heavy (non-hydrogen) atoms.